The van der Waals surface area contributed by atoms with Crippen LogP contribution < -0.4 is 21.7 Å². The van der Waals surface area contributed by atoms with Crippen LogP contribution in [0.1, 0.15) is 6.92 Å². The van der Waals surface area contributed by atoms with Gasteiger partial charge in [0.05, 0.1) is 6.04 Å². The monoisotopic (exact) mass is 188 g/mol. The second-order valence-electron chi connectivity index (χ2n) is 2.53. The summed E-state index contributed by atoms with van der Waals surface area (Å²) in [6.07, 6.45) is 0. The van der Waals surface area contributed by atoms with Gasteiger partial charge in [-0.1, -0.05) is 0 Å². The van der Waals surface area contributed by atoms with Gasteiger partial charge in [0.2, 0.25) is 5.91 Å². The molecule has 0 saturated carbocycles. The summed E-state index contributed by atoms with van der Waals surface area (Å²) in [6, 6.07) is -0.924. The molecule has 3 amide bonds. The van der Waals surface area contributed by atoms with E-state index in [1.807, 2.05) is 0 Å². The van der Waals surface area contributed by atoms with E-state index in [2.05, 4.69) is 16.0 Å². The minimum Gasteiger partial charge on any atom is -0.341 e. The van der Waals surface area contributed by atoms with Gasteiger partial charge in [-0.15, -0.1) is 0 Å². The van der Waals surface area contributed by atoms with Crippen molar-refractivity contribution >= 4 is 11.9 Å². The van der Waals surface area contributed by atoms with Gasteiger partial charge in [-0.25, -0.2) is 4.79 Å². The smallest absolute Gasteiger partial charge is 0.321 e. The van der Waals surface area contributed by atoms with Crippen molar-refractivity contribution in [3.8, 4) is 0 Å². The summed E-state index contributed by atoms with van der Waals surface area (Å²) in [5.74, 6) is -0.368. The Balaban J connectivity index is 3.75. The first-order chi connectivity index (χ1) is 6.11. The number of hydrogen-bond acceptors (Lipinski definition) is 4. The molecule has 13 heavy (non-hydrogen) atoms. The van der Waals surface area contributed by atoms with E-state index in [1.54, 1.807) is 6.92 Å². The third kappa shape index (κ3) is 5.15. The van der Waals surface area contributed by atoms with Gasteiger partial charge in [0.1, 0.15) is 0 Å². The Hall–Kier alpha value is -1.14. The molecule has 0 radical (unpaired) electrons. The van der Waals surface area contributed by atoms with Gasteiger partial charge >= 0.3 is 6.03 Å². The number of urea groups is 1. The van der Waals surface area contributed by atoms with Crippen LogP contribution in [-0.2, 0) is 4.79 Å². The first-order valence-corrected chi connectivity index (χ1v) is 4.07. The maximum absolute atomic E-state index is 11.1. The van der Waals surface area contributed by atoms with E-state index in [9.17, 15) is 9.59 Å². The topological polar surface area (TPSA) is 96.2 Å². The first-order valence-electron chi connectivity index (χ1n) is 4.07. The first kappa shape index (κ1) is 11.9. The highest BCUT2D eigenvalue weighted by Gasteiger charge is 2.13. The molecule has 5 N–H and O–H groups in total. The second-order valence-corrected chi connectivity index (χ2v) is 2.53. The number of hydrogen-bond donors (Lipinski definition) is 4. The molecule has 0 heterocycles. The average molecular weight is 188 g/mol. The van der Waals surface area contributed by atoms with Crippen molar-refractivity contribution in [3.05, 3.63) is 0 Å². The normalized spacial score (nSPS) is 11.9. The number of carbonyl (C=O) groups excluding carboxylic acids is 2. The van der Waals surface area contributed by atoms with Crippen LogP contribution in [0, 0.1) is 0 Å². The van der Waals surface area contributed by atoms with Crippen molar-refractivity contribution in [3.63, 3.8) is 0 Å². The molecule has 0 aliphatic rings. The second kappa shape index (κ2) is 6.38. The molecule has 0 fully saturated rings. The highest BCUT2D eigenvalue weighted by Crippen LogP contribution is 1.80. The van der Waals surface area contributed by atoms with Gasteiger partial charge in [0.15, 0.2) is 0 Å². The van der Waals surface area contributed by atoms with Gasteiger partial charge in [-0.2, -0.15) is 0 Å². The SMILES string of the molecule is CNC(=O)NC(=O)C(C)NCCN. The van der Waals surface area contributed by atoms with E-state index in [0.717, 1.165) is 0 Å². The minimum absolute atomic E-state index is 0.368. The Bertz CT molecular complexity index is 183. The van der Waals surface area contributed by atoms with Crippen LogP contribution in [0.3, 0.4) is 0 Å². The summed E-state index contributed by atoms with van der Waals surface area (Å²) in [5, 5.41) is 7.27. The third-order valence-electron chi connectivity index (χ3n) is 1.45. The number of amides is 3. The lowest BCUT2D eigenvalue weighted by molar-refractivity contribution is -0.121. The Labute approximate surface area is 77.2 Å². The van der Waals surface area contributed by atoms with Crippen molar-refractivity contribution in [2.45, 2.75) is 13.0 Å². The van der Waals surface area contributed by atoms with Crippen LogP contribution in [0.15, 0.2) is 0 Å². The largest absolute Gasteiger partial charge is 0.341 e. The molecule has 76 valence electrons. The lowest BCUT2D eigenvalue weighted by Gasteiger charge is -2.11. The Morgan fingerprint density at radius 3 is 2.54 bits per heavy atom. The summed E-state index contributed by atoms with van der Waals surface area (Å²) >= 11 is 0. The molecule has 0 aromatic heterocycles. The maximum Gasteiger partial charge on any atom is 0.321 e. The van der Waals surface area contributed by atoms with Gasteiger partial charge in [0.25, 0.3) is 0 Å². The number of nitrogens with one attached hydrogen (secondary N) is 3. The summed E-state index contributed by atoms with van der Waals surface area (Å²) in [5.41, 5.74) is 5.23. The van der Waals surface area contributed by atoms with Crippen molar-refractivity contribution in [2.24, 2.45) is 5.73 Å². The number of nitrogens with two attached hydrogens (primary N) is 1. The van der Waals surface area contributed by atoms with Gasteiger partial charge in [-0.05, 0) is 6.92 Å². The fraction of sp³-hybridized carbons (Fsp3) is 0.714. The van der Waals surface area contributed by atoms with E-state index in [0.29, 0.717) is 13.1 Å². The molecule has 1 atom stereocenters. The molecule has 0 spiro atoms. The fourth-order valence-corrected chi connectivity index (χ4v) is 0.675. The fourth-order valence-electron chi connectivity index (χ4n) is 0.675. The summed E-state index contributed by atoms with van der Waals surface area (Å²) in [7, 11) is 1.45. The number of carbonyl (C=O) groups is 2. The predicted octanol–water partition coefficient (Wildman–Crippen LogP) is -1.62. The lowest BCUT2D eigenvalue weighted by atomic mass is 10.3. The maximum atomic E-state index is 11.1. The summed E-state index contributed by atoms with van der Waals surface area (Å²) in [4.78, 5) is 21.8. The molecule has 0 aliphatic heterocycles. The van der Waals surface area contributed by atoms with E-state index in [-0.39, 0.29) is 5.91 Å². The van der Waals surface area contributed by atoms with Crippen LogP contribution in [-0.4, -0.2) is 38.1 Å². The average Bonchev–Trinajstić information content (AvgIpc) is 2.13. The standard InChI is InChI=1S/C7H16N4O2/c1-5(10-4-3-8)6(12)11-7(13)9-2/h5,10H,3-4,8H2,1-2H3,(H2,9,11,12,13). The van der Waals surface area contributed by atoms with Gasteiger partial charge < -0.3 is 16.4 Å². The number of imide groups is 1. The van der Waals surface area contributed by atoms with E-state index in [4.69, 9.17) is 5.73 Å². The van der Waals surface area contributed by atoms with Crippen molar-refractivity contribution in [1.82, 2.24) is 16.0 Å². The summed E-state index contributed by atoms with van der Waals surface area (Å²) in [6.45, 7) is 2.66. The van der Waals surface area contributed by atoms with Gasteiger partial charge in [-0.3, -0.25) is 10.1 Å². The van der Waals surface area contributed by atoms with Crippen LogP contribution in [0.4, 0.5) is 4.79 Å². The number of rotatable bonds is 4. The molecule has 0 bridgehead atoms. The molecule has 0 saturated heterocycles. The molecule has 6 heteroatoms. The Kier molecular flexibility index (Phi) is 5.82. The zero-order valence-electron chi connectivity index (χ0n) is 7.89. The Morgan fingerprint density at radius 1 is 1.46 bits per heavy atom. The molecule has 0 aromatic carbocycles. The van der Waals surface area contributed by atoms with Crippen LogP contribution in [0.25, 0.3) is 0 Å². The molecule has 0 rings (SSSR count). The predicted molar refractivity (Wildman–Crippen MR) is 49.1 cm³/mol. The molecule has 0 aromatic rings. The lowest BCUT2D eigenvalue weighted by Crippen LogP contribution is -2.48. The molecular weight excluding hydrogens is 172 g/mol. The Morgan fingerprint density at radius 2 is 2.08 bits per heavy atom. The van der Waals surface area contributed by atoms with Crippen molar-refractivity contribution < 1.29 is 9.59 Å². The van der Waals surface area contributed by atoms with Gasteiger partial charge in [0, 0.05) is 20.1 Å². The third-order valence-corrected chi connectivity index (χ3v) is 1.45. The van der Waals surface area contributed by atoms with Crippen molar-refractivity contribution in [1.29, 1.82) is 0 Å². The van der Waals surface area contributed by atoms with E-state index >= 15 is 0 Å². The van der Waals surface area contributed by atoms with Crippen LogP contribution in [0.2, 0.25) is 0 Å². The van der Waals surface area contributed by atoms with Crippen LogP contribution in [0.5, 0.6) is 0 Å². The molecule has 0 aliphatic carbocycles. The highest BCUT2D eigenvalue weighted by atomic mass is 16.2. The molecule has 1 unspecified atom stereocenters. The van der Waals surface area contributed by atoms with Crippen LogP contribution >= 0.6 is 0 Å². The zero-order valence-corrected chi connectivity index (χ0v) is 7.89. The highest BCUT2D eigenvalue weighted by molar-refractivity contribution is 5.96. The quantitative estimate of drug-likeness (QED) is 0.426. The van der Waals surface area contributed by atoms with E-state index < -0.39 is 12.1 Å². The summed E-state index contributed by atoms with van der Waals surface area (Å²) < 4.78 is 0. The minimum atomic E-state index is -0.508. The van der Waals surface area contributed by atoms with Crippen molar-refractivity contribution in [2.75, 3.05) is 20.1 Å². The van der Waals surface area contributed by atoms with E-state index in [1.165, 1.54) is 7.05 Å². The zero-order chi connectivity index (χ0) is 10.3. The molecule has 6 nitrogen and oxygen atoms in total. The molecular formula is C7H16N4O2.